The number of benzene rings is 1. The molecule has 2 aromatic rings. The first-order chi connectivity index (χ1) is 8.15. The fourth-order valence-electron chi connectivity index (χ4n) is 1.35. The van der Waals surface area contributed by atoms with Crippen LogP contribution in [0.4, 0.5) is 0 Å². The minimum atomic E-state index is -0.465. The summed E-state index contributed by atoms with van der Waals surface area (Å²) >= 11 is 5.04. The smallest absolute Gasteiger partial charge is 0.101 e. The van der Waals surface area contributed by atoms with Crippen LogP contribution in [0.5, 0.6) is 0 Å². The van der Waals surface area contributed by atoms with Crippen LogP contribution in [0.3, 0.4) is 0 Å². The first kappa shape index (κ1) is 12.6. The van der Waals surface area contributed by atoms with E-state index in [1.54, 1.807) is 24.9 Å². The minimum Gasteiger partial charge on any atom is -0.389 e. The maximum Gasteiger partial charge on any atom is 0.101 e. The summed E-state index contributed by atoms with van der Waals surface area (Å²) in [5.74, 6) is 0. The van der Waals surface area contributed by atoms with Crippen molar-refractivity contribution in [3.8, 4) is 0 Å². The molecule has 0 saturated heterocycles. The average Bonchev–Trinajstić information content (AvgIpc) is 2.29. The first-order valence-corrected chi connectivity index (χ1v) is 6.83. The monoisotopic (exact) mass is 309 g/mol. The Hall–Kier alpha value is -0.840. The molecule has 1 aromatic carbocycles. The van der Waals surface area contributed by atoms with Gasteiger partial charge in [0.2, 0.25) is 0 Å². The molecule has 2 rings (SSSR count). The summed E-state index contributed by atoms with van der Waals surface area (Å²) in [6, 6.07) is 11.9. The lowest BCUT2D eigenvalue weighted by atomic mass is 10.2. The third kappa shape index (κ3) is 3.56. The number of aromatic nitrogens is 1. The third-order valence-corrected chi connectivity index (χ3v) is 3.69. The average molecular weight is 310 g/mol. The molecule has 1 atom stereocenters. The van der Waals surface area contributed by atoms with Crippen LogP contribution in [0, 0.1) is 0 Å². The van der Waals surface area contributed by atoms with E-state index in [1.165, 1.54) is 0 Å². The van der Waals surface area contributed by atoms with Gasteiger partial charge in [0.1, 0.15) is 5.03 Å². The van der Waals surface area contributed by atoms with E-state index in [-0.39, 0.29) is 0 Å². The molecule has 0 aliphatic carbocycles. The number of aliphatic hydroxyl groups excluding tert-OH is 1. The zero-order chi connectivity index (χ0) is 12.3. The van der Waals surface area contributed by atoms with Crippen molar-refractivity contribution in [2.45, 2.75) is 22.9 Å². The van der Waals surface area contributed by atoms with Crippen molar-refractivity contribution in [2.24, 2.45) is 0 Å². The number of rotatable bonds is 3. The van der Waals surface area contributed by atoms with Crippen LogP contribution >= 0.6 is 27.7 Å². The van der Waals surface area contributed by atoms with Gasteiger partial charge in [0, 0.05) is 15.6 Å². The van der Waals surface area contributed by atoms with Crippen LogP contribution in [0.15, 0.2) is 57.0 Å². The van der Waals surface area contributed by atoms with Crippen molar-refractivity contribution < 1.29 is 5.11 Å². The lowest BCUT2D eigenvalue weighted by Gasteiger charge is -2.05. The summed E-state index contributed by atoms with van der Waals surface area (Å²) in [5.41, 5.74) is 0.837. The Balaban J connectivity index is 2.14. The second-order valence-electron chi connectivity index (χ2n) is 3.67. The van der Waals surface area contributed by atoms with Crippen molar-refractivity contribution in [1.82, 2.24) is 4.98 Å². The normalized spacial score (nSPS) is 12.4. The fourth-order valence-corrected chi connectivity index (χ4v) is 2.72. The van der Waals surface area contributed by atoms with Gasteiger partial charge in [0.15, 0.2) is 0 Å². The Morgan fingerprint density at radius 3 is 2.71 bits per heavy atom. The maximum absolute atomic E-state index is 9.39. The van der Waals surface area contributed by atoms with E-state index in [4.69, 9.17) is 0 Å². The highest BCUT2D eigenvalue weighted by atomic mass is 79.9. The highest BCUT2D eigenvalue weighted by molar-refractivity contribution is 9.10. The van der Waals surface area contributed by atoms with Gasteiger partial charge in [-0.3, -0.25) is 0 Å². The Kier molecular flexibility index (Phi) is 4.20. The highest BCUT2D eigenvalue weighted by Crippen LogP contribution is 2.28. The van der Waals surface area contributed by atoms with E-state index >= 15 is 0 Å². The second kappa shape index (κ2) is 5.67. The van der Waals surface area contributed by atoms with Crippen LogP contribution in [-0.2, 0) is 0 Å². The van der Waals surface area contributed by atoms with Crippen LogP contribution in [-0.4, -0.2) is 10.1 Å². The molecule has 0 bridgehead atoms. The van der Waals surface area contributed by atoms with E-state index in [0.29, 0.717) is 0 Å². The summed E-state index contributed by atoms with van der Waals surface area (Å²) in [6.45, 7) is 1.73. The molecule has 0 saturated carbocycles. The van der Waals surface area contributed by atoms with E-state index < -0.39 is 6.10 Å². The van der Waals surface area contributed by atoms with Crippen molar-refractivity contribution in [3.05, 3.63) is 52.6 Å². The van der Waals surface area contributed by atoms with Gasteiger partial charge in [-0.2, -0.15) is 0 Å². The fraction of sp³-hybridized carbons (Fsp3) is 0.154. The molecule has 0 radical (unpaired) electrons. The molecule has 0 unspecified atom stereocenters. The topological polar surface area (TPSA) is 33.1 Å². The Bertz CT molecular complexity index is 499. The number of halogens is 1. The molecule has 0 fully saturated rings. The van der Waals surface area contributed by atoms with E-state index in [0.717, 1.165) is 20.0 Å². The lowest BCUT2D eigenvalue weighted by molar-refractivity contribution is 0.198. The summed E-state index contributed by atoms with van der Waals surface area (Å²) in [5, 5.41) is 10.3. The zero-order valence-electron chi connectivity index (χ0n) is 9.30. The molecule has 17 heavy (non-hydrogen) atoms. The van der Waals surface area contributed by atoms with Crippen molar-refractivity contribution in [3.63, 3.8) is 0 Å². The van der Waals surface area contributed by atoms with Crippen molar-refractivity contribution in [1.29, 1.82) is 0 Å². The predicted molar refractivity (Wildman–Crippen MR) is 73.1 cm³/mol. The summed E-state index contributed by atoms with van der Waals surface area (Å²) in [6.07, 6.45) is 1.25. The van der Waals surface area contributed by atoms with Gasteiger partial charge in [-0.25, -0.2) is 4.98 Å². The maximum atomic E-state index is 9.39. The van der Waals surface area contributed by atoms with E-state index in [2.05, 4.69) is 27.0 Å². The van der Waals surface area contributed by atoms with Gasteiger partial charge in [-0.1, -0.05) is 39.8 Å². The molecule has 0 aliphatic heterocycles. The van der Waals surface area contributed by atoms with E-state index in [9.17, 15) is 5.11 Å². The van der Waals surface area contributed by atoms with Gasteiger partial charge >= 0.3 is 0 Å². The molecule has 1 aromatic heterocycles. The second-order valence-corrected chi connectivity index (χ2v) is 5.67. The SMILES string of the molecule is C[C@@H](O)c1ccc(Sc2cccc(Br)c2)nc1. The number of aliphatic hydroxyl groups is 1. The largest absolute Gasteiger partial charge is 0.389 e. The standard InChI is InChI=1S/C13H12BrNOS/c1-9(16)10-5-6-13(15-8-10)17-12-4-2-3-11(14)7-12/h2-9,16H,1H3/t9-/m1/s1. The molecule has 4 heteroatoms. The number of hydrogen-bond donors (Lipinski definition) is 1. The molecule has 0 aliphatic rings. The molecular weight excluding hydrogens is 298 g/mol. The third-order valence-electron chi connectivity index (χ3n) is 2.26. The van der Waals surface area contributed by atoms with Crippen LogP contribution in [0.1, 0.15) is 18.6 Å². The van der Waals surface area contributed by atoms with Gasteiger partial charge < -0.3 is 5.11 Å². The van der Waals surface area contributed by atoms with Gasteiger partial charge in [0.05, 0.1) is 6.10 Å². The molecular formula is C13H12BrNOS. The number of nitrogens with zero attached hydrogens (tertiary/aromatic N) is 1. The Morgan fingerprint density at radius 2 is 2.12 bits per heavy atom. The van der Waals surface area contributed by atoms with Crippen molar-refractivity contribution in [2.75, 3.05) is 0 Å². The molecule has 0 spiro atoms. The van der Waals surface area contributed by atoms with Gasteiger partial charge in [-0.05, 0) is 36.8 Å². The van der Waals surface area contributed by atoms with Gasteiger partial charge in [0.25, 0.3) is 0 Å². The number of hydrogen-bond acceptors (Lipinski definition) is 3. The molecule has 1 heterocycles. The molecule has 1 N–H and O–H groups in total. The molecule has 88 valence electrons. The first-order valence-electron chi connectivity index (χ1n) is 5.22. The molecule has 0 amide bonds. The summed E-state index contributed by atoms with van der Waals surface area (Å²) < 4.78 is 1.06. The zero-order valence-corrected chi connectivity index (χ0v) is 11.7. The molecule has 2 nitrogen and oxygen atoms in total. The quantitative estimate of drug-likeness (QED) is 0.928. The van der Waals surface area contributed by atoms with Crippen molar-refractivity contribution >= 4 is 27.7 Å². The summed E-state index contributed by atoms with van der Waals surface area (Å²) in [7, 11) is 0. The predicted octanol–water partition coefficient (Wildman–Crippen LogP) is 4.05. The summed E-state index contributed by atoms with van der Waals surface area (Å²) in [4.78, 5) is 5.45. The minimum absolute atomic E-state index is 0.465. The van der Waals surface area contributed by atoms with Gasteiger partial charge in [-0.15, -0.1) is 0 Å². The lowest BCUT2D eigenvalue weighted by Crippen LogP contribution is -1.92. The number of pyridine rings is 1. The Labute approximate surface area is 113 Å². The van der Waals surface area contributed by atoms with Crippen LogP contribution in [0.25, 0.3) is 0 Å². The highest BCUT2D eigenvalue weighted by Gasteiger charge is 2.03. The van der Waals surface area contributed by atoms with Crippen LogP contribution in [0.2, 0.25) is 0 Å². The van der Waals surface area contributed by atoms with Crippen LogP contribution < -0.4 is 0 Å². The Morgan fingerprint density at radius 1 is 1.29 bits per heavy atom. The van der Waals surface area contributed by atoms with E-state index in [1.807, 2.05) is 30.3 Å².